The van der Waals surface area contributed by atoms with Crippen LogP contribution >= 0.6 is 8.81 Å². The average Bonchev–Trinajstić information content (AvgIpc) is 1.90. The summed E-state index contributed by atoms with van der Waals surface area (Å²) in [5.41, 5.74) is 0.670. The molecule has 8 heavy (non-hydrogen) atoms. The van der Waals surface area contributed by atoms with Gasteiger partial charge in [0, 0.05) is 14.5 Å². The third-order valence-corrected chi connectivity index (χ3v) is 2.73. The summed E-state index contributed by atoms with van der Waals surface area (Å²) in [6.07, 6.45) is 6.63. The smallest absolute Gasteiger partial charge is 0.0139 e. The summed E-state index contributed by atoms with van der Waals surface area (Å²) >= 11 is 0. The molecule has 0 saturated heterocycles. The normalized spacial score (nSPS) is 25.1. The molecule has 1 aliphatic carbocycles. The van der Waals surface area contributed by atoms with Crippen LogP contribution in [0.15, 0.2) is 0 Å². The molecule has 1 saturated carbocycles. The van der Waals surface area contributed by atoms with Crippen LogP contribution in [0.4, 0.5) is 0 Å². The van der Waals surface area contributed by atoms with Gasteiger partial charge in [-0.1, -0.05) is 19.3 Å². The van der Waals surface area contributed by atoms with Gasteiger partial charge in [-0.2, -0.15) is 0 Å². The Morgan fingerprint density at radius 2 is 1.75 bits per heavy atom. The minimum atomic E-state index is 0.207. The van der Waals surface area contributed by atoms with E-state index in [4.69, 9.17) is 4.89 Å². The lowest BCUT2D eigenvalue weighted by Crippen LogP contribution is -2.05. The van der Waals surface area contributed by atoms with E-state index in [9.17, 15) is 0 Å². The Bertz CT molecular complexity index is 59.5. The van der Waals surface area contributed by atoms with Crippen molar-refractivity contribution in [2.45, 2.75) is 37.8 Å². The van der Waals surface area contributed by atoms with Crippen LogP contribution in [0.5, 0.6) is 0 Å². The molecule has 0 radical (unpaired) electrons. The molecule has 2 heteroatoms. The van der Waals surface area contributed by atoms with Crippen molar-refractivity contribution >= 4 is 8.81 Å². The van der Waals surface area contributed by atoms with Crippen molar-refractivity contribution in [3.05, 3.63) is 0 Å². The van der Waals surface area contributed by atoms with E-state index in [0.29, 0.717) is 5.66 Å². The third-order valence-electron chi connectivity index (χ3n) is 1.79. The van der Waals surface area contributed by atoms with Crippen LogP contribution in [0.3, 0.4) is 0 Å². The Morgan fingerprint density at radius 1 is 1.12 bits per heavy atom. The Hall–Kier alpha value is 0.390. The summed E-state index contributed by atoms with van der Waals surface area (Å²) in [6.45, 7) is 0. The Morgan fingerprint density at radius 3 is 2.12 bits per heavy atom. The first kappa shape index (κ1) is 6.51. The van der Waals surface area contributed by atoms with Gasteiger partial charge in [-0.15, -0.1) is 0 Å². The number of hydrogen-bond donors (Lipinski definition) is 1. The second kappa shape index (κ2) is 3.42. The van der Waals surface area contributed by atoms with Gasteiger partial charge < -0.3 is 4.89 Å². The van der Waals surface area contributed by atoms with E-state index in [1.807, 2.05) is 0 Å². The fraction of sp³-hybridized carbons (Fsp3) is 1.00. The maximum atomic E-state index is 8.72. The van der Waals surface area contributed by atoms with E-state index in [0.717, 1.165) is 0 Å². The predicted octanol–water partition coefficient (Wildman–Crippen LogP) is 1.90. The maximum Gasteiger partial charge on any atom is 0.0139 e. The lowest BCUT2D eigenvalue weighted by atomic mass is 10.0. The monoisotopic (exact) mass is 132 g/mol. The highest BCUT2D eigenvalue weighted by Crippen LogP contribution is 2.29. The van der Waals surface area contributed by atoms with Gasteiger partial charge in [-0.25, -0.2) is 0 Å². The van der Waals surface area contributed by atoms with Crippen LogP contribution in [-0.4, -0.2) is 10.6 Å². The summed E-state index contributed by atoms with van der Waals surface area (Å²) in [4.78, 5) is 8.72. The third kappa shape index (κ3) is 1.72. The molecule has 0 aliphatic heterocycles. The average molecular weight is 132 g/mol. The fourth-order valence-electron chi connectivity index (χ4n) is 1.23. The van der Waals surface area contributed by atoms with Gasteiger partial charge in [0.05, 0.1) is 0 Å². The summed E-state index contributed by atoms with van der Waals surface area (Å²) in [6, 6.07) is 0. The van der Waals surface area contributed by atoms with E-state index in [-0.39, 0.29) is 8.81 Å². The molecule has 0 bridgehead atoms. The van der Waals surface area contributed by atoms with Gasteiger partial charge in [0.15, 0.2) is 0 Å². The molecule has 1 N–H and O–H groups in total. The van der Waals surface area contributed by atoms with E-state index < -0.39 is 0 Å². The molecule has 1 aliphatic rings. The molecule has 1 unspecified atom stereocenters. The van der Waals surface area contributed by atoms with Gasteiger partial charge in [-0.3, -0.25) is 0 Å². The van der Waals surface area contributed by atoms with Crippen LogP contribution in [-0.2, 0) is 0 Å². The van der Waals surface area contributed by atoms with Crippen LogP contribution in [0.25, 0.3) is 0 Å². The SMILES string of the molecule is OPC1CCCCC1. The van der Waals surface area contributed by atoms with E-state index in [1.54, 1.807) is 0 Å². The summed E-state index contributed by atoms with van der Waals surface area (Å²) in [5, 5.41) is 0. The molecule has 0 aromatic rings. The molecule has 1 fully saturated rings. The van der Waals surface area contributed by atoms with Gasteiger partial charge in [0.25, 0.3) is 0 Å². The zero-order chi connectivity index (χ0) is 5.82. The van der Waals surface area contributed by atoms with Crippen LogP contribution in [0, 0.1) is 0 Å². The van der Waals surface area contributed by atoms with E-state index in [1.165, 1.54) is 32.1 Å². The first-order valence-corrected chi connectivity index (χ1v) is 4.35. The Kier molecular flexibility index (Phi) is 2.78. The predicted molar refractivity (Wildman–Crippen MR) is 37.4 cm³/mol. The molecule has 0 aromatic heterocycles. The largest absolute Gasteiger partial charge is 0.377 e. The highest BCUT2D eigenvalue weighted by Gasteiger charge is 2.10. The first-order valence-electron chi connectivity index (χ1n) is 3.33. The zero-order valence-electron chi connectivity index (χ0n) is 5.06. The highest BCUT2D eigenvalue weighted by molar-refractivity contribution is 7.32. The molecular weight excluding hydrogens is 119 g/mol. The number of hydrogen-bond acceptors (Lipinski definition) is 1. The second-order valence-electron chi connectivity index (χ2n) is 2.46. The fourth-order valence-corrected chi connectivity index (χ4v) is 1.90. The van der Waals surface area contributed by atoms with E-state index in [2.05, 4.69) is 0 Å². The summed E-state index contributed by atoms with van der Waals surface area (Å²) in [7, 11) is 0.207. The standard InChI is InChI=1S/C6H13OP/c7-8-6-4-2-1-3-5-6/h6-8H,1-5H2. The van der Waals surface area contributed by atoms with Crippen molar-refractivity contribution in [1.82, 2.24) is 0 Å². The molecule has 0 heterocycles. The minimum Gasteiger partial charge on any atom is -0.377 e. The quantitative estimate of drug-likeness (QED) is 0.540. The molecule has 0 aromatic carbocycles. The molecular formula is C6H13OP. The summed E-state index contributed by atoms with van der Waals surface area (Å²) in [5.74, 6) is 0. The van der Waals surface area contributed by atoms with Crippen LogP contribution in [0.2, 0.25) is 0 Å². The van der Waals surface area contributed by atoms with Gasteiger partial charge in [0.2, 0.25) is 0 Å². The topological polar surface area (TPSA) is 20.2 Å². The van der Waals surface area contributed by atoms with Crippen LogP contribution < -0.4 is 0 Å². The van der Waals surface area contributed by atoms with Gasteiger partial charge in [0.1, 0.15) is 0 Å². The molecule has 1 atom stereocenters. The van der Waals surface area contributed by atoms with Crippen molar-refractivity contribution in [3.8, 4) is 0 Å². The number of rotatable bonds is 1. The van der Waals surface area contributed by atoms with Crippen molar-refractivity contribution in [2.24, 2.45) is 0 Å². The minimum absolute atomic E-state index is 0.207. The zero-order valence-corrected chi connectivity index (χ0v) is 6.06. The van der Waals surface area contributed by atoms with Crippen LogP contribution in [0.1, 0.15) is 32.1 Å². The van der Waals surface area contributed by atoms with Crippen molar-refractivity contribution in [3.63, 3.8) is 0 Å². The van der Waals surface area contributed by atoms with Crippen molar-refractivity contribution < 1.29 is 4.89 Å². The maximum absolute atomic E-state index is 8.72. The lowest BCUT2D eigenvalue weighted by molar-refractivity contribution is 0.493. The Labute approximate surface area is 52.4 Å². The van der Waals surface area contributed by atoms with Gasteiger partial charge in [-0.05, 0) is 12.8 Å². The second-order valence-corrected chi connectivity index (χ2v) is 3.54. The van der Waals surface area contributed by atoms with Gasteiger partial charge >= 0.3 is 0 Å². The Balaban J connectivity index is 2.13. The van der Waals surface area contributed by atoms with Crippen molar-refractivity contribution in [1.29, 1.82) is 0 Å². The summed E-state index contributed by atoms with van der Waals surface area (Å²) < 4.78 is 0. The molecule has 48 valence electrons. The van der Waals surface area contributed by atoms with Crippen molar-refractivity contribution in [2.75, 3.05) is 0 Å². The lowest BCUT2D eigenvalue weighted by Gasteiger charge is -2.17. The molecule has 1 rings (SSSR count). The molecule has 0 amide bonds. The molecule has 0 spiro atoms. The first-order chi connectivity index (χ1) is 3.93. The highest BCUT2D eigenvalue weighted by atomic mass is 31.1. The molecule has 1 nitrogen and oxygen atoms in total. The van der Waals surface area contributed by atoms with E-state index >= 15 is 0 Å².